The molecule has 0 aliphatic heterocycles. The zero-order chi connectivity index (χ0) is 22.1. The highest BCUT2D eigenvalue weighted by molar-refractivity contribution is 5.77. The monoisotopic (exact) mass is 438 g/mol. The minimum atomic E-state index is -0.384. The second kappa shape index (κ2) is 8.66. The molecule has 5 rings (SSSR count). The van der Waals surface area contributed by atoms with Gasteiger partial charge < -0.3 is 15.7 Å². The fourth-order valence-corrected chi connectivity index (χ4v) is 4.25. The molecule has 0 saturated heterocycles. The molecule has 7 nitrogen and oxygen atoms in total. The van der Waals surface area contributed by atoms with Crippen molar-refractivity contribution in [1.29, 1.82) is 0 Å². The average molecular weight is 438 g/mol. The number of aliphatic hydroxyl groups excluding tert-OH is 1. The lowest BCUT2D eigenvalue weighted by Gasteiger charge is -2.28. The summed E-state index contributed by atoms with van der Waals surface area (Å²) in [5.41, 5.74) is 1.79. The van der Waals surface area contributed by atoms with Crippen molar-refractivity contribution in [2.24, 2.45) is 0 Å². The van der Waals surface area contributed by atoms with Crippen LogP contribution in [0.1, 0.15) is 44.6 Å². The molecule has 3 aromatic rings. The first-order valence-corrected chi connectivity index (χ1v) is 10.9. The largest absolute Gasteiger partial charge is 0.393 e. The first kappa shape index (κ1) is 20.6. The molecule has 32 heavy (non-hydrogen) atoms. The number of aromatic nitrogens is 4. The quantitative estimate of drug-likeness (QED) is 0.512. The number of hydrogen-bond donors (Lipinski definition) is 3. The van der Waals surface area contributed by atoms with E-state index in [2.05, 4.69) is 25.6 Å². The number of nitrogens with one attached hydrogen (secondary N) is 2. The van der Waals surface area contributed by atoms with E-state index < -0.39 is 0 Å². The van der Waals surface area contributed by atoms with Crippen LogP contribution in [0, 0.1) is 5.82 Å². The number of hydrogen-bond acceptors (Lipinski definition) is 6. The third-order valence-corrected chi connectivity index (χ3v) is 5.94. The highest BCUT2D eigenvalue weighted by Gasteiger charge is 2.26. The molecular weight excluding hydrogens is 414 g/mol. The Morgan fingerprint density at radius 1 is 1.03 bits per heavy atom. The van der Waals surface area contributed by atoms with Crippen LogP contribution in [0.2, 0.25) is 0 Å². The molecule has 0 bridgehead atoms. The van der Waals surface area contributed by atoms with E-state index in [0.717, 1.165) is 12.8 Å². The van der Waals surface area contributed by atoms with Crippen LogP contribution in [0.3, 0.4) is 0 Å². The molecule has 2 aliphatic rings. The van der Waals surface area contributed by atoms with Crippen molar-refractivity contribution in [3.8, 4) is 0 Å². The predicted octanol–water partition coefficient (Wildman–Crippen LogP) is 5.13. The molecular formula is C23H24F2N6O. The number of halogens is 2. The minimum Gasteiger partial charge on any atom is -0.393 e. The summed E-state index contributed by atoms with van der Waals surface area (Å²) in [6.07, 6.45) is 8.70. The lowest BCUT2D eigenvalue weighted by Crippen LogP contribution is -2.22. The lowest BCUT2D eigenvalue weighted by atomic mass is 9.93. The first-order valence-electron chi connectivity index (χ1n) is 10.9. The summed E-state index contributed by atoms with van der Waals surface area (Å²) >= 11 is 0. The van der Waals surface area contributed by atoms with Crippen molar-refractivity contribution in [3.63, 3.8) is 0 Å². The zero-order valence-corrected chi connectivity index (χ0v) is 17.4. The fraction of sp³-hybridized carbons (Fsp3) is 0.348. The van der Waals surface area contributed by atoms with Gasteiger partial charge in [0.2, 0.25) is 11.9 Å². The Morgan fingerprint density at radius 2 is 1.84 bits per heavy atom. The van der Waals surface area contributed by atoms with Gasteiger partial charge in [0.1, 0.15) is 17.2 Å². The van der Waals surface area contributed by atoms with E-state index in [0.29, 0.717) is 54.2 Å². The maximum Gasteiger partial charge on any atom is 0.229 e. The van der Waals surface area contributed by atoms with E-state index in [9.17, 15) is 13.9 Å². The average Bonchev–Trinajstić information content (AvgIpc) is 3.15. The summed E-state index contributed by atoms with van der Waals surface area (Å²) in [4.78, 5) is 13.5. The van der Waals surface area contributed by atoms with Gasteiger partial charge in [0.15, 0.2) is 5.65 Å². The molecule has 3 N–H and O–H groups in total. The Morgan fingerprint density at radius 3 is 2.62 bits per heavy atom. The van der Waals surface area contributed by atoms with Crippen LogP contribution < -0.4 is 10.6 Å². The number of nitrogens with zero attached hydrogens (tertiary/aromatic N) is 4. The molecule has 166 valence electrons. The SMILES string of the molecule is OC1CCC(n2c(Nc3ccccc3F)nc3cnc(NC4=C(F)CCC=C4)nc32)CC1. The van der Waals surface area contributed by atoms with Gasteiger partial charge in [0.05, 0.1) is 23.7 Å². The van der Waals surface area contributed by atoms with E-state index in [4.69, 9.17) is 0 Å². The van der Waals surface area contributed by atoms with E-state index in [1.54, 1.807) is 30.5 Å². The van der Waals surface area contributed by atoms with Gasteiger partial charge >= 0.3 is 0 Å². The molecule has 0 radical (unpaired) electrons. The molecule has 0 amide bonds. The summed E-state index contributed by atoms with van der Waals surface area (Å²) in [6.45, 7) is 0. The fourth-order valence-electron chi connectivity index (χ4n) is 4.25. The molecule has 1 saturated carbocycles. The molecule has 1 aromatic carbocycles. The number of benzene rings is 1. The number of imidazole rings is 1. The predicted molar refractivity (Wildman–Crippen MR) is 119 cm³/mol. The molecule has 0 spiro atoms. The van der Waals surface area contributed by atoms with Crippen LogP contribution in [0.25, 0.3) is 11.2 Å². The van der Waals surface area contributed by atoms with E-state index in [1.807, 2.05) is 10.6 Å². The lowest BCUT2D eigenvalue weighted by molar-refractivity contribution is 0.112. The summed E-state index contributed by atoms with van der Waals surface area (Å²) < 4.78 is 30.4. The van der Waals surface area contributed by atoms with Crippen molar-refractivity contribution in [3.05, 3.63) is 60.0 Å². The zero-order valence-electron chi connectivity index (χ0n) is 17.4. The Kier molecular flexibility index (Phi) is 5.57. The second-order valence-electron chi connectivity index (χ2n) is 8.16. The van der Waals surface area contributed by atoms with Crippen molar-refractivity contribution < 1.29 is 13.9 Å². The Bertz CT molecular complexity index is 1200. The Hall–Kier alpha value is -3.33. The van der Waals surface area contributed by atoms with Gasteiger partial charge in [-0.15, -0.1) is 0 Å². The molecule has 2 aliphatic carbocycles. The molecule has 2 heterocycles. The minimum absolute atomic E-state index is 0.0333. The Balaban J connectivity index is 1.55. The van der Waals surface area contributed by atoms with E-state index in [1.165, 1.54) is 6.07 Å². The molecule has 0 atom stereocenters. The van der Waals surface area contributed by atoms with Crippen LogP contribution in [0.4, 0.5) is 26.4 Å². The number of para-hydroxylation sites is 1. The van der Waals surface area contributed by atoms with Gasteiger partial charge in [0.25, 0.3) is 0 Å². The van der Waals surface area contributed by atoms with Crippen molar-refractivity contribution in [1.82, 2.24) is 19.5 Å². The van der Waals surface area contributed by atoms with Crippen LogP contribution in [0.5, 0.6) is 0 Å². The number of allylic oxidation sites excluding steroid dienone is 3. The maximum atomic E-state index is 14.3. The van der Waals surface area contributed by atoms with Crippen molar-refractivity contribution in [2.45, 2.75) is 50.7 Å². The number of anilines is 3. The summed E-state index contributed by atoms with van der Waals surface area (Å²) in [7, 11) is 0. The van der Waals surface area contributed by atoms with Crippen LogP contribution in [0.15, 0.2) is 54.1 Å². The smallest absolute Gasteiger partial charge is 0.229 e. The van der Waals surface area contributed by atoms with Crippen LogP contribution in [-0.4, -0.2) is 30.7 Å². The topological polar surface area (TPSA) is 87.9 Å². The van der Waals surface area contributed by atoms with Gasteiger partial charge in [-0.25, -0.2) is 18.7 Å². The van der Waals surface area contributed by atoms with Gasteiger partial charge in [-0.3, -0.25) is 4.57 Å². The highest BCUT2D eigenvalue weighted by Crippen LogP contribution is 2.35. The molecule has 2 aromatic heterocycles. The van der Waals surface area contributed by atoms with Gasteiger partial charge in [-0.1, -0.05) is 18.2 Å². The van der Waals surface area contributed by atoms with Gasteiger partial charge in [-0.05, 0) is 50.3 Å². The number of aliphatic hydroxyl groups is 1. The maximum absolute atomic E-state index is 14.3. The van der Waals surface area contributed by atoms with E-state index >= 15 is 0 Å². The van der Waals surface area contributed by atoms with Crippen molar-refractivity contribution >= 4 is 28.7 Å². The normalized spacial score (nSPS) is 21.2. The molecule has 1 fully saturated rings. The van der Waals surface area contributed by atoms with E-state index in [-0.39, 0.29) is 29.7 Å². The molecule has 0 unspecified atom stereocenters. The summed E-state index contributed by atoms with van der Waals surface area (Å²) in [6, 6.07) is 6.44. The van der Waals surface area contributed by atoms with Gasteiger partial charge in [0, 0.05) is 12.5 Å². The standard InChI is InChI=1S/C23H24F2N6O/c24-16-5-1-3-7-18(16)27-22-26-13-20-21(30-22)31(14-9-11-15(32)12-10-14)23(29-20)28-19-8-4-2-6-17(19)25/h2-4,6-8,13-15,32H,1,5,9-12H2,(H,28,29)(H,26,27,30). The first-order chi connectivity index (χ1) is 15.6. The number of fused-ring (bicyclic) bond motifs is 1. The third-order valence-electron chi connectivity index (χ3n) is 5.94. The van der Waals surface area contributed by atoms with Gasteiger partial charge in [-0.2, -0.15) is 4.98 Å². The second-order valence-corrected chi connectivity index (χ2v) is 8.16. The summed E-state index contributed by atoms with van der Waals surface area (Å²) in [5, 5.41) is 16.0. The Labute approximate surface area is 183 Å². The highest BCUT2D eigenvalue weighted by atomic mass is 19.1. The van der Waals surface area contributed by atoms with Crippen LogP contribution >= 0.6 is 0 Å². The summed E-state index contributed by atoms with van der Waals surface area (Å²) in [5.74, 6) is 0.113. The third kappa shape index (κ3) is 4.08. The van der Waals surface area contributed by atoms with Crippen LogP contribution in [-0.2, 0) is 0 Å². The van der Waals surface area contributed by atoms with Crippen molar-refractivity contribution in [2.75, 3.05) is 10.6 Å². The molecule has 9 heteroatoms. The number of rotatable bonds is 5.